The summed E-state index contributed by atoms with van der Waals surface area (Å²) in [5.41, 5.74) is 2.80. The third-order valence-electron chi connectivity index (χ3n) is 3.53. The molecule has 1 fully saturated rings. The summed E-state index contributed by atoms with van der Waals surface area (Å²) in [6, 6.07) is 8.63. The lowest BCUT2D eigenvalue weighted by atomic mass is 9.97. The number of hydrogen-bond acceptors (Lipinski definition) is 1. The van der Waals surface area contributed by atoms with Gasteiger partial charge in [0.05, 0.1) is 12.7 Å². The Bertz CT molecular complexity index is 313. The highest BCUT2D eigenvalue weighted by molar-refractivity contribution is 5.26. The zero-order valence-corrected chi connectivity index (χ0v) is 10.2. The lowest BCUT2D eigenvalue weighted by molar-refractivity contribution is 0.0166. The highest BCUT2D eigenvalue weighted by Crippen LogP contribution is 2.22. The molecule has 0 aliphatic heterocycles. The van der Waals surface area contributed by atoms with Gasteiger partial charge >= 0.3 is 0 Å². The van der Waals surface area contributed by atoms with Crippen LogP contribution in [0.5, 0.6) is 0 Å². The monoisotopic (exact) mass is 218 g/mol. The van der Waals surface area contributed by atoms with E-state index >= 15 is 0 Å². The Morgan fingerprint density at radius 1 is 1.06 bits per heavy atom. The van der Waals surface area contributed by atoms with Crippen LogP contribution in [0.1, 0.15) is 50.2 Å². The van der Waals surface area contributed by atoms with Gasteiger partial charge < -0.3 is 4.74 Å². The van der Waals surface area contributed by atoms with Crippen LogP contribution in [-0.2, 0) is 17.8 Å². The minimum absolute atomic E-state index is 0.513. The fraction of sp³-hybridized carbons (Fsp3) is 0.600. The molecule has 1 heteroatoms. The van der Waals surface area contributed by atoms with Gasteiger partial charge in [-0.1, -0.05) is 50.5 Å². The number of rotatable bonds is 4. The van der Waals surface area contributed by atoms with Crippen LogP contribution in [-0.4, -0.2) is 6.10 Å². The normalized spacial score (nSPS) is 17.6. The van der Waals surface area contributed by atoms with Crippen molar-refractivity contribution in [2.75, 3.05) is 0 Å². The summed E-state index contributed by atoms with van der Waals surface area (Å²) < 4.78 is 6.01. The van der Waals surface area contributed by atoms with Crippen molar-refractivity contribution >= 4 is 0 Å². The summed E-state index contributed by atoms with van der Waals surface area (Å²) in [4.78, 5) is 0. The molecule has 2 rings (SSSR count). The summed E-state index contributed by atoms with van der Waals surface area (Å²) in [6.45, 7) is 3.01. The highest BCUT2D eigenvalue weighted by atomic mass is 16.5. The summed E-state index contributed by atoms with van der Waals surface area (Å²) in [5.74, 6) is 0. The fourth-order valence-electron chi connectivity index (χ4n) is 2.48. The highest BCUT2D eigenvalue weighted by Gasteiger charge is 2.13. The maximum atomic E-state index is 6.01. The van der Waals surface area contributed by atoms with E-state index in [1.165, 1.54) is 43.2 Å². The Hall–Kier alpha value is -0.820. The number of ether oxygens (including phenoxy) is 1. The van der Waals surface area contributed by atoms with Crippen molar-refractivity contribution < 1.29 is 4.74 Å². The molecule has 1 saturated carbocycles. The van der Waals surface area contributed by atoms with Gasteiger partial charge in [0.1, 0.15) is 0 Å². The van der Waals surface area contributed by atoms with Crippen molar-refractivity contribution in [3.8, 4) is 0 Å². The summed E-state index contributed by atoms with van der Waals surface area (Å²) >= 11 is 0. The molecule has 0 bridgehead atoms. The summed E-state index contributed by atoms with van der Waals surface area (Å²) in [5, 5.41) is 0. The second-order valence-electron chi connectivity index (χ2n) is 4.69. The smallest absolute Gasteiger partial charge is 0.0723 e. The number of aryl methyl sites for hydroxylation is 1. The third kappa shape index (κ3) is 3.08. The van der Waals surface area contributed by atoms with Crippen molar-refractivity contribution in [2.45, 2.75) is 58.2 Å². The SMILES string of the molecule is CCc1ccccc1COC1CCCCC1. The first-order chi connectivity index (χ1) is 7.90. The van der Waals surface area contributed by atoms with E-state index < -0.39 is 0 Å². The third-order valence-corrected chi connectivity index (χ3v) is 3.53. The molecule has 1 nitrogen and oxygen atoms in total. The molecule has 88 valence electrons. The molecule has 0 saturated heterocycles. The van der Waals surface area contributed by atoms with Gasteiger partial charge in [0.2, 0.25) is 0 Å². The molecule has 0 atom stereocenters. The molecule has 0 unspecified atom stereocenters. The van der Waals surface area contributed by atoms with Crippen LogP contribution in [0, 0.1) is 0 Å². The van der Waals surface area contributed by atoms with Crippen LogP contribution in [0.25, 0.3) is 0 Å². The van der Waals surface area contributed by atoms with E-state index in [9.17, 15) is 0 Å². The second kappa shape index (κ2) is 6.05. The molecule has 1 aromatic rings. The van der Waals surface area contributed by atoms with Crippen molar-refractivity contribution in [3.05, 3.63) is 35.4 Å². The lowest BCUT2D eigenvalue weighted by Gasteiger charge is -2.22. The molecular formula is C15H22O. The predicted molar refractivity (Wildman–Crippen MR) is 67.5 cm³/mol. The van der Waals surface area contributed by atoms with Crippen molar-refractivity contribution in [1.82, 2.24) is 0 Å². The quantitative estimate of drug-likeness (QED) is 0.739. The molecule has 1 aromatic carbocycles. The Labute approximate surface area is 98.8 Å². The Balaban J connectivity index is 1.88. The van der Waals surface area contributed by atoms with Crippen LogP contribution in [0.3, 0.4) is 0 Å². The van der Waals surface area contributed by atoms with Crippen LogP contribution >= 0.6 is 0 Å². The maximum Gasteiger partial charge on any atom is 0.0723 e. The average Bonchev–Trinajstić information content (AvgIpc) is 2.38. The zero-order chi connectivity index (χ0) is 11.2. The average molecular weight is 218 g/mol. The topological polar surface area (TPSA) is 9.23 Å². The minimum Gasteiger partial charge on any atom is -0.374 e. The predicted octanol–water partition coefficient (Wildman–Crippen LogP) is 4.10. The minimum atomic E-state index is 0.513. The molecule has 0 aromatic heterocycles. The number of benzene rings is 1. The molecular weight excluding hydrogens is 196 g/mol. The van der Waals surface area contributed by atoms with Gasteiger partial charge in [-0.05, 0) is 30.4 Å². The first kappa shape index (κ1) is 11.7. The van der Waals surface area contributed by atoms with Gasteiger partial charge in [-0.15, -0.1) is 0 Å². The summed E-state index contributed by atoms with van der Waals surface area (Å²) in [7, 11) is 0. The summed E-state index contributed by atoms with van der Waals surface area (Å²) in [6.07, 6.45) is 8.22. The van der Waals surface area contributed by atoms with Crippen LogP contribution in [0.4, 0.5) is 0 Å². The Kier molecular flexibility index (Phi) is 4.41. The Morgan fingerprint density at radius 3 is 2.44 bits per heavy atom. The molecule has 0 heterocycles. The maximum absolute atomic E-state index is 6.01. The van der Waals surface area contributed by atoms with E-state index in [2.05, 4.69) is 31.2 Å². The van der Waals surface area contributed by atoms with E-state index in [0.29, 0.717) is 6.10 Å². The molecule has 16 heavy (non-hydrogen) atoms. The van der Waals surface area contributed by atoms with Crippen molar-refractivity contribution in [3.63, 3.8) is 0 Å². The van der Waals surface area contributed by atoms with E-state index in [4.69, 9.17) is 4.74 Å². The van der Waals surface area contributed by atoms with Gasteiger partial charge in [-0.25, -0.2) is 0 Å². The molecule has 1 aliphatic rings. The van der Waals surface area contributed by atoms with Crippen molar-refractivity contribution in [1.29, 1.82) is 0 Å². The van der Waals surface area contributed by atoms with E-state index in [1.807, 2.05) is 0 Å². The first-order valence-electron chi connectivity index (χ1n) is 6.58. The largest absolute Gasteiger partial charge is 0.374 e. The Morgan fingerprint density at radius 2 is 1.75 bits per heavy atom. The van der Waals surface area contributed by atoms with Gasteiger partial charge in [0, 0.05) is 0 Å². The fourth-order valence-corrected chi connectivity index (χ4v) is 2.48. The van der Waals surface area contributed by atoms with E-state index in [1.54, 1.807) is 0 Å². The lowest BCUT2D eigenvalue weighted by Crippen LogP contribution is -2.16. The molecule has 1 aliphatic carbocycles. The van der Waals surface area contributed by atoms with Crippen LogP contribution in [0.2, 0.25) is 0 Å². The standard InChI is InChI=1S/C15H22O/c1-2-13-8-6-7-9-14(13)12-16-15-10-4-3-5-11-15/h6-9,15H,2-5,10-12H2,1H3. The molecule has 0 radical (unpaired) electrons. The zero-order valence-electron chi connectivity index (χ0n) is 10.2. The number of hydrogen-bond donors (Lipinski definition) is 0. The van der Waals surface area contributed by atoms with E-state index in [-0.39, 0.29) is 0 Å². The first-order valence-corrected chi connectivity index (χ1v) is 6.58. The van der Waals surface area contributed by atoms with Gasteiger partial charge in [-0.2, -0.15) is 0 Å². The molecule has 0 amide bonds. The van der Waals surface area contributed by atoms with Crippen molar-refractivity contribution in [2.24, 2.45) is 0 Å². The van der Waals surface area contributed by atoms with Gasteiger partial charge in [0.25, 0.3) is 0 Å². The molecule has 0 N–H and O–H groups in total. The van der Waals surface area contributed by atoms with Crippen LogP contribution < -0.4 is 0 Å². The van der Waals surface area contributed by atoms with Gasteiger partial charge in [0.15, 0.2) is 0 Å². The van der Waals surface area contributed by atoms with Crippen LogP contribution in [0.15, 0.2) is 24.3 Å². The molecule has 0 spiro atoms. The second-order valence-corrected chi connectivity index (χ2v) is 4.69. The van der Waals surface area contributed by atoms with E-state index in [0.717, 1.165) is 13.0 Å². The van der Waals surface area contributed by atoms with Gasteiger partial charge in [-0.3, -0.25) is 0 Å².